The first-order chi connectivity index (χ1) is 16.2. The third-order valence-corrected chi connectivity index (χ3v) is 5.32. The molecule has 0 radical (unpaired) electrons. The van der Waals surface area contributed by atoms with E-state index >= 15 is 0 Å². The Hall–Kier alpha value is -2.75. The van der Waals surface area contributed by atoms with Gasteiger partial charge in [-0.2, -0.15) is 0 Å². The van der Waals surface area contributed by atoms with Crippen molar-refractivity contribution in [1.82, 2.24) is 20.2 Å². The van der Waals surface area contributed by atoms with E-state index in [1.165, 1.54) is 11.1 Å². The monoisotopic (exact) mass is 577 g/mol. The Morgan fingerprint density at radius 1 is 1.00 bits per heavy atom. The second kappa shape index (κ2) is 15.2. The first-order valence-corrected chi connectivity index (χ1v) is 11.5. The Morgan fingerprint density at radius 2 is 1.79 bits per heavy atom. The number of hydrogen-bond donors (Lipinski definition) is 2. The largest absolute Gasteiger partial charge is 0.493 e. The number of aryl methyl sites for hydroxylation is 1. The van der Waals surface area contributed by atoms with Gasteiger partial charge in [-0.25, -0.2) is 4.98 Å². The van der Waals surface area contributed by atoms with Crippen molar-refractivity contribution < 1.29 is 9.47 Å². The molecule has 2 N–H and O–H groups in total. The highest BCUT2D eigenvalue weighted by atomic mass is 127. The van der Waals surface area contributed by atoms with E-state index in [9.17, 15) is 0 Å². The lowest BCUT2D eigenvalue weighted by Crippen LogP contribution is -2.39. The predicted molar refractivity (Wildman–Crippen MR) is 149 cm³/mol. The highest BCUT2D eigenvalue weighted by molar-refractivity contribution is 14.0. The van der Waals surface area contributed by atoms with Gasteiger partial charge in [-0.15, -0.1) is 24.0 Å². The number of methoxy groups -OCH3 is 1. The van der Waals surface area contributed by atoms with Crippen LogP contribution >= 0.6 is 24.0 Å². The number of guanidine groups is 1. The summed E-state index contributed by atoms with van der Waals surface area (Å²) >= 11 is 0. The highest BCUT2D eigenvalue weighted by Crippen LogP contribution is 2.28. The fourth-order valence-corrected chi connectivity index (χ4v) is 3.65. The first kappa shape index (κ1) is 27.5. The van der Waals surface area contributed by atoms with Crippen molar-refractivity contribution in [2.75, 3.05) is 33.9 Å². The lowest BCUT2D eigenvalue weighted by Gasteiger charge is -2.13. The van der Waals surface area contributed by atoms with E-state index in [1.54, 1.807) is 14.2 Å². The number of ether oxygens (including phenoxy) is 2. The fourth-order valence-electron chi connectivity index (χ4n) is 3.65. The summed E-state index contributed by atoms with van der Waals surface area (Å²) in [6, 6.07) is 16.6. The molecule has 184 valence electrons. The molecule has 3 aromatic rings. The molecule has 0 aliphatic carbocycles. The van der Waals surface area contributed by atoms with Crippen LogP contribution in [0.4, 0.5) is 0 Å². The second-order valence-corrected chi connectivity index (χ2v) is 7.65. The van der Waals surface area contributed by atoms with Crippen LogP contribution in [0.15, 0.2) is 65.9 Å². The Balaban J connectivity index is 0.00000408. The SMILES string of the molecule is CCOc1cc(CCCNC(=NC)NCCc2nccn2Cc2ccccc2)ccc1OC.I. The molecule has 0 fully saturated rings. The van der Waals surface area contributed by atoms with Crippen molar-refractivity contribution in [2.24, 2.45) is 4.99 Å². The summed E-state index contributed by atoms with van der Waals surface area (Å²) in [5.74, 6) is 3.44. The molecule has 1 aromatic heterocycles. The van der Waals surface area contributed by atoms with Crippen molar-refractivity contribution in [3.8, 4) is 11.5 Å². The van der Waals surface area contributed by atoms with Gasteiger partial charge >= 0.3 is 0 Å². The van der Waals surface area contributed by atoms with E-state index in [0.717, 1.165) is 62.2 Å². The standard InChI is InChI=1S/C26H35N5O2.HI/c1-4-33-24-19-21(12-13-23(24)32-3)11-8-15-29-26(27-2)30-16-14-25-28-17-18-31(25)20-22-9-6-5-7-10-22;/h5-7,9-10,12-13,17-19H,4,8,11,14-16,20H2,1-3H3,(H2,27,29,30);1H. The van der Waals surface area contributed by atoms with Crippen molar-refractivity contribution in [3.63, 3.8) is 0 Å². The van der Waals surface area contributed by atoms with Gasteiger partial charge in [-0.1, -0.05) is 36.4 Å². The van der Waals surface area contributed by atoms with Crippen molar-refractivity contribution in [2.45, 2.75) is 32.7 Å². The highest BCUT2D eigenvalue weighted by Gasteiger charge is 2.07. The maximum atomic E-state index is 5.67. The zero-order chi connectivity index (χ0) is 23.3. The third kappa shape index (κ3) is 8.55. The minimum Gasteiger partial charge on any atom is -0.493 e. The van der Waals surface area contributed by atoms with Gasteiger partial charge in [-0.3, -0.25) is 4.99 Å². The molecule has 0 atom stereocenters. The number of nitrogens with zero attached hydrogens (tertiary/aromatic N) is 3. The van der Waals surface area contributed by atoms with E-state index in [2.05, 4.69) is 61.6 Å². The van der Waals surface area contributed by atoms with E-state index in [1.807, 2.05) is 31.5 Å². The van der Waals surface area contributed by atoms with Gasteiger partial charge in [0, 0.05) is 45.5 Å². The molecule has 0 bridgehead atoms. The van der Waals surface area contributed by atoms with Crippen LogP contribution in [-0.4, -0.2) is 49.4 Å². The third-order valence-electron chi connectivity index (χ3n) is 5.32. The normalized spacial score (nSPS) is 11.0. The van der Waals surface area contributed by atoms with Crippen molar-refractivity contribution in [1.29, 1.82) is 0 Å². The maximum Gasteiger partial charge on any atom is 0.190 e. The molecular formula is C26H36IN5O2. The number of aromatic nitrogens is 2. The van der Waals surface area contributed by atoms with Crippen LogP contribution < -0.4 is 20.1 Å². The van der Waals surface area contributed by atoms with Crippen molar-refractivity contribution in [3.05, 3.63) is 77.9 Å². The van der Waals surface area contributed by atoms with Gasteiger partial charge in [0.25, 0.3) is 0 Å². The summed E-state index contributed by atoms with van der Waals surface area (Å²) in [4.78, 5) is 8.85. The first-order valence-electron chi connectivity index (χ1n) is 11.5. The summed E-state index contributed by atoms with van der Waals surface area (Å²) in [6.07, 6.45) is 6.66. The molecular weight excluding hydrogens is 541 g/mol. The minimum atomic E-state index is 0. The summed E-state index contributed by atoms with van der Waals surface area (Å²) in [6.45, 7) is 5.03. The number of hydrogen-bond acceptors (Lipinski definition) is 4. The maximum absolute atomic E-state index is 5.67. The van der Waals surface area contributed by atoms with E-state index in [-0.39, 0.29) is 24.0 Å². The number of rotatable bonds is 12. The Morgan fingerprint density at radius 3 is 2.53 bits per heavy atom. The fraction of sp³-hybridized carbons (Fsp3) is 0.385. The predicted octanol–water partition coefficient (Wildman–Crippen LogP) is 4.30. The number of nitrogens with one attached hydrogen (secondary N) is 2. The topological polar surface area (TPSA) is 72.7 Å². The van der Waals surface area contributed by atoms with Crippen LogP contribution in [0, 0.1) is 0 Å². The van der Waals surface area contributed by atoms with Gasteiger partial charge in [0.05, 0.1) is 13.7 Å². The summed E-state index contributed by atoms with van der Waals surface area (Å²) < 4.78 is 13.2. The van der Waals surface area contributed by atoms with E-state index in [0.29, 0.717) is 6.61 Å². The smallest absolute Gasteiger partial charge is 0.190 e. The average molecular weight is 578 g/mol. The molecule has 0 spiro atoms. The zero-order valence-corrected chi connectivity index (χ0v) is 22.6. The van der Waals surface area contributed by atoms with Crippen LogP contribution in [0.2, 0.25) is 0 Å². The zero-order valence-electron chi connectivity index (χ0n) is 20.3. The number of benzene rings is 2. The lowest BCUT2D eigenvalue weighted by molar-refractivity contribution is 0.310. The Kier molecular flexibility index (Phi) is 12.3. The molecule has 0 saturated heterocycles. The molecule has 2 aromatic carbocycles. The molecule has 34 heavy (non-hydrogen) atoms. The second-order valence-electron chi connectivity index (χ2n) is 7.65. The number of imidazole rings is 1. The van der Waals surface area contributed by atoms with E-state index in [4.69, 9.17) is 9.47 Å². The van der Waals surface area contributed by atoms with E-state index < -0.39 is 0 Å². The molecule has 1 heterocycles. The van der Waals surface area contributed by atoms with Crippen LogP contribution in [0.25, 0.3) is 0 Å². The Bertz CT molecular complexity index is 1010. The van der Waals surface area contributed by atoms with Gasteiger partial charge in [0.2, 0.25) is 0 Å². The average Bonchev–Trinajstić information content (AvgIpc) is 3.28. The Labute approximate surface area is 220 Å². The summed E-state index contributed by atoms with van der Waals surface area (Å²) in [7, 11) is 3.46. The molecule has 0 saturated carbocycles. The van der Waals surface area contributed by atoms with Gasteiger partial charge < -0.3 is 24.7 Å². The van der Waals surface area contributed by atoms with Gasteiger partial charge in [-0.05, 0) is 43.0 Å². The molecule has 0 aliphatic rings. The quantitative estimate of drug-likeness (QED) is 0.146. The minimum absolute atomic E-state index is 0. The molecule has 0 unspecified atom stereocenters. The molecule has 0 amide bonds. The van der Waals surface area contributed by atoms with Crippen LogP contribution in [0.3, 0.4) is 0 Å². The lowest BCUT2D eigenvalue weighted by atomic mass is 10.1. The van der Waals surface area contributed by atoms with Crippen LogP contribution in [0.5, 0.6) is 11.5 Å². The van der Waals surface area contributed by atoms with Crippen LogP contribution in [0.1, 0.15) is 30.3 Å². The summed E-state index contributed by atoms with van der Waals surface area (Å²) in [5, 5.41) is 6.78. The number of halogens is 1. The molecule has 0 aliphatic heterocycles. The van der Waals surface area contributed by atoms with Gasteiger partial charge in [0.15, 0.2) is 17.5 Å². The molecule has 8 heteroatoms. The van der Waals surface area contributed by atoms with Crippen LogP contribution in [-0.2, 0) is 19.4 Å². The van der Waals surface area contributed by atoms with Gasteiger partial charge in [0.1, 0.15) is 5.82 Å². The number of aliphatic imine (C=N–C) groups is 1. The molecule has 3 rings (SSSR count). The summed E-state index contributed by atoms with van der Waals surface area (Å²) in [5.41, 5.74) is 2.50. The molecule has 7 nitrogen and oxygen atoms in total. The van der Waals surface area contributed by atoms with Crippen molar-refractivity contribution >= 4 is 29.9 Å².